The number of imidazole rings is 1. The fourth-order valence-corrected chi connectivity index (χ4v) is 2.17. The Morgan fingerprint density at radius 1 is 1.42 bits per heavy atom. The number of fused-ring (bicyclic) bond motifs is 1. The summed E-state index contributed by atoms with van der Waals surface area (Å²) in [5, 5.41) is 21.2. The van der Waals surface area contributed by atoms with Crippen LogP contribution < -0.4 is 5.32 Å². The Balaban J connectivity index is 2.21. The van der Waals surface area contributed by atoms with E-state index in [1.165, 1.54) is 0 Å². The molecular weight excluding hydrogens is 242 g/mol. The van der Waals surface area contributed by atoms with Crippen molar-refractivity contribution < 1.29 is 10.2 Å². The average Bonchev–Trinajstić information content (AvgIpc) is 2.72. The van der Waals surface area contributed by atoms with E-state index in [1.54, 1.807) is 0 Å². The van der Waals surface area contributed by atoms with Gasteiger partial charge in [-0.1, -0.05) is 6.92 Å². The van der Waals surface area contributed by atoms with E-state index in [2.05, 4.69) is 21.8 Å². The second-order valence-corrected chi connectivity index (χ2v) is 4.73. The predicted octanol–water partition coefficient (Wildman–Crippen LogP) is 1.52. The van der Waals surface area contributed by atoms with Crippen LogP contribution in [0.4, 0.5) is 5.69 Å². The molecular formula is C14H21N3O2. The van der Waals surface area contributed by atoms with Gasteiger partial charge in [0.05, 0.1) is 23.7 Å². The lowest BCUT2D eigenvalue weighted by atomic mass is 10.2. The summed E-state index contributed by atoms with van der Waals surface area (Å²) >= 11 is 0. The van der Waals surface area contributed by atoms with E-state index >= 15 is 0 Å². The number of nitrogens with one attached hydrogen (secondary N) is 1. The van der Waals surface area contributed by atoms with Crippen LogP contribution in [0.5, 0.6) is 0 Å². The van der Waals surface area contributed by atoms with Gasteiger partial charge in [-0.2, -0.15) is 0 Å². The van der Waals surface area contributed by atoms with Gasteiger partial charge < -0.3 is 20.1 Å². The lowest BCUT2D eigenvalue weighted by Crippen LogP contribution is -2.22. The largest absolute Gasteiger partial charge is 0.394 e. The molecule has 19 heavy (non-hydrogen) atoms. The van der Waals surface area contributed by atoms with Crippen LogP contribution in [0, 0.1) is 6.92 Å². The molecule has 2 aromatic rings. The molecule has 2 rings (SSSR count). The smallest absolute Gasteiger partial charge is 0.106 e. The summed E-state index contributed by atoms with van der Waals surface area (Å²) in [6, 6.07) is 5.98. The van der Waals surface area contributed by atoms with Gasteiger partial charge in [0.2, 0.25) is 0 Å². The maximum Gasteiger partial charge on any atom is 0.106 e. The van der Waals surface area contributed by atoms with Gasteiger partial charge in [-0.15, -0.1) is 0 Å². The highest BCUT2D eigenvalue weighted by atomic mass is 16.3. The minimum Gasteiger partial charge on any atom is -0.394 e. The highest BCUT2D eigenvalue weighted by Gasteiger charge is 2.08. The summed E-state index contributed by atoms with van der Waals surface area (Å²) < 4.78 is 2.21. The number of aryl methyl sites for hydroxylation is 2. The molecule has 1 heterocycles. The maximum absolute atomic E-state index is 9.32. The number of benzene rings is 1. The summed E-state index contributed by atoms with van der Waals surface area (Å²) in [6.45, 7) is 5.23. The Bertz CT molecular complexity index is 551. The number of nitrogens with zero attached hydrogens (tertiary/aromatic N) is 2. The molecule has 0 bridgehead atoms. The first-order valence-electron chi connectivity index (χ1n) is 6.65. The Morgan fingerprint density at radius 3 is 2.89 bits per heavy atom. The molecule has 5 nitrogen and oxygen atoms in total. The minimum absolute atomic E-state index is 0.237. The van der Waals surface area contributed by atoms with E-state index < -0.39 is 6.10 Å². The number of aromatic nitrogens is 2. The third-order valence-corrected chi connectivity index (χ3v) is 3.14. The number of rotatable bonds is 6. The average molecular weight is 263 g/mol. The van der Waals surface area contributed by atoms with Gasteiger partial charge in [0.25, 0.3) is 0 Å². The molecule has 0 radical (unpaired) electrons. The third kappa shape index (κ3) is 3.05. The number of aliphatic hydroxyl groups is 2. The van der Waals surface area contributed by atoms with Crippen molar-refractivity contribution in [3.63, 3.8) is 0 Å². The summed E-state index contributed by atoms with van der Waals surface area (Å²) in [5.41, 5.74) is 2.99. The highest BCUT2D eigenvalue weighted by Crippen LogP contribution is 2.20. The lowest BCUT2D eigenvalue weighted by molar-refractivity contribution is 0.105. The van der Waals surface area contributed by atoms with Crippen LogP contribution in [0.25, 0.3) is 11.0 Å². The van der Waals surface area contributed by atoms with Gasteiger partial charge in [0.15, 0.2) is 0 Å². The minimum atomic E-state index is -0.741. The molecule has 0 saturated carbocycles. The maximum atomic E-state index is 9.32. The van der Waals surface area contributed by atoms with Crippen molar-refractivity contribution in [2.45, 2.75) is 32.9 Å². The predicted molar refractivity (Wildman–Crippen MR) is 76.3 cm³/mol. The molecule has 0 aliphatic carbocycles. The van der Waals surface area contributed by atoms with Crippen molar-refractivity contribution in [2.24, 2.45) is 0 Å². The van der Waals surface area contributed by atoms with E-state index in [4.69, 9.17) is 5.11 Å². The Labute approximate surface area is 112 Å². The van der Waals surface area contributed by atoms with E-state index in [0.717, 1.165) is 35.5 Å². The highest BCUT2D eigenvalue weighted by molar-refractivity contribution is 5.80. The number of hydrogen-bond acceptors (Lipinski definition) is 4. The normalized spacial score (nSPS) is 12.8. The van der Waals surface area contributed by atoms with E-state index in [1.807, 2.05) is 25.1 Å². The zero-order chi connectivity index (χ0) is 13.8. The molecule has 0 aliphatic heterocycles. The quantitative estimate of drug-likeness (QED) is 0.739. The van der Waals surface area contributed by atoms with Crippen molar-refractivity contribution in [3.05, 3.63) is 24.0 Å². The topological polar surface area (TPSA) is 70.3 Å². The van der Waals surface area contributed by atoms with Crippen LogP contribution in [0.3, 0.4) is 0 Å². The first kappa shape index (κ1) is 13.8. The van der Waals surface area contributed by atoms with Crippen LogP contribution in [-0.2, 0) is 6.54 Å². The second kappa shape index (κ2) is 6.04. The second-order valence-electron chi connectivity index (χ2n) is 4.73. The molecule has 104 valence electrons. The number of anilines is 1. The van der Waals surface area contributed by atoms with Gasteiger partial charge >= 0.3 is 0 Å². The number of aliphatic hydroxyl groups excluding tert-OH is 2. The Kier molecular flexibility index (Phi) is 4.39. The zero-order valence-corrected chi connectivity index (χ0v) is 11.4. The van der Waals surface area contributed by atoms with E-state index in [9.17, 15) is 5.11 Å². The molecule has 0 saturated heterocycles. The van der Waals surface area contributed by atoms with Gasteiger partial charge in [-0.25, -0.2) is 4.98 Å². The molecule has 5 heteroatoms. The first-order valence-corrected chi connectivity index (χ1v) is 6.65. The third-order valence-electron chi connectivity index (χ3n) is 3.14. The van der Waals surface area contributed by atoms with Crippen LogP contribution in [0.2, 0.25) is 0 Å². The fraction of sp³-hybridized carbons (Fsp3) is 0.500. The van der Waals surface area contributed by atoms with Crippen LogP contribution >= 0.6 is 0 Å². The summed E-state index contributed by atoms with van der Waals surface area (Å²) in [4.78, 5) is 4.55. The summed E-state index contributed by atoms with van der Waals surface area (Å²) in [7, 11) is 0. The lowest BCUT2D eigenvalue weighted by Gasteiger charge is -2.10. The molecule has 1 aromatic carbocycles. The molecule has 0 aliphatic rings. The van der Waals surface area contributed by atoms with Crippen LogP contribution in [-0.4, -0.2) is 39.0 Å². The molecule has 1 atom stereocenters. The number of hydrogen-bond donors (Lipinski definition) is 3. The van der Waals surface area contributed by atoms with Crippen LogP contribution in [0.1, 0.15) is 19.2 Å². The van der Waals surface area contributed by atoms with Gasteiger partial charge in [-0.3, -0.25) is 0 Å². The fourth-order valence-electron chi connectivity index (χ4n) is 2.17. The van der Waals surface area contributed by atoms with E-state index in [0.29, 0.717) is 6.54 Å². The summed E-state index contributed by atoms with van der Waals surface area (Å²) in [6.07, 6.45) is 0.338. The Morgan fingerprint density at radius 2 is 2.21 bits per heavy atom. The summed E-state index contributed by atoms with van der Waals surface area (Å²) in [5.74, 6) is 1.02. The molecule has 0 spiro atoms. The standard InChI is InChI=1S/C14H21N3O2/c1-3-6-17-10(2)16-13-7-11(4-5-14(13)17)15-8-12(19)9-18/h4-5,7,12,15,18-19H,3,6,8-9H2,1-2H3. The van der Waals surface area contributed by atoms with Gasteiger partial charge in [0.1, 0.15) is 5.82 Å². The van der Waals surface area contributed by atoms with Gasteiger partial charge in [-0.05, 0) is 31.5 Å². The monoisotopic (exact) mass is 263 g/mol. The SMILES string of the molecule is CCCn1c(C)nc2cc(NCC(O)CO)ccc21. The van der Waals surface area contributed by atoms with Gasteiger partial charge in [0, 0.05) is 18.8 Å². The van der Waals surface area contributed by atoms with Crippen molar-refractivity contribution in [3.8, 4) is 0 Å². The molecule has 1 aromatic heterocycles. The molecule has 3 N–H and O–H groups in total. The van der Waals surface area contributed by atoms with Crippen molar-refractivity contribution in [1.82, 2.24) is 9.55 Å². The van der Waals surface area contributed by atoms with Crippen LogP contribution in [0.15, 0.2) is 18.2 Å². The first-order chi connectivity index (χ1) is 9.15. The Hall–Kier alpha value is -1.59. The molecule has 0 fully saturated rings. The molecule has 0 amide bonds. The van der Waals surface area contributed by atoms with Crippen molar-refractivity contribution in [1.29, 1.82) is 0 Å². The molecule has 1 unspecified atom stereocenters. The zero-order valence-electron chi connectivity index (χ0n) is 11.4. The van der Waals surface area contributed by atoms with Crippen molar-refractivity contribution in [2.75, 3.05) is 18.5 Å². The van der Waals surface area contributed by atoms with E-state index in [-0.39, 0.29) is 6.61 Å². The van der Waals surface area contributed by atoms with Crippen molar-refractivity contribution >= 4 is 16.7 Å².